The smallest absolute Gasteiger partial charge is 0.208 e. The number of benzene rings is 2. The molecule has 3 aromatic rings. The number of sulfone groups is 1. The highest BCUT2D eigenvalue weighted by atomic mass is 32.2. The van der Waals surface area contributed by atoms with Gasteiger partial charge in [-0.05, 0) is 39.2 Å². The fourth-order valence-electron chi connectivity index (χ4n) is 3.04. The summed E-state index contributed by atoms with van der Waals surface area (Å²) in [7, 11) is 0.485. The van der Waals surface area contributed by atoms with Crippen LogP contribution in [-0.4, -0.2) is 38.5 Å². The highest BCUT2D eigenvalue weighted by molar-refractivity contribution is 7.91. The Morgan fingerprint density at radius 1 is 0.958 bits per heavy atom. The average Bonchev–Trinajstić information content (AvgIpc) is 2.85. The second kappa shape index (κ2) is 6.42. The Morgan fingerprint density at radius 2 is 1.58 bits per heavy atom. The van der Waals surface area contributed by atoms with Gasteiger partial charge >= 0.3 is 0 Å². The normalized spacial score (nSPS) is 12.2. The van der Waals surface area contributed by atoms with Gasteiger partial charge in [0, 0.05) is 29.7 Å². The molecule has 0 radical (unpaired) electrons. The van der Waals surface area contributed by atoms with Crippen molar-refractivity contribution in [1.29, 1.82) is 0 Å². The molecule has 2 aromatic carbocycles. The van der Waals surface area contributed by atoms with Gasteiger partial charge in [0.15, 0.2) is 0 Å². The third kappa shape index (κ3) is 2.85. The van der Waals surface area contributed by atoms with Crippen molar-refractivity contribution in [2.24, 2.45) is 0 Å². The van der Waals surface area contributed by atoms with Gasteiger partial charge in [-0.15, -0.1) is 0 Å². The predicted molar refractivity (Wildman–Crippen MR) is 97.1 cm³/mol. The van der Waals surface area contributed by atoms with E-state index in [1.807, 2.05) is 51.4 Å². The minimum absolute atomic E-state index is 0.337. The zero-order valence-corrected chi connectivity index (χ0v) is 15.0. The lowest BCUT2D eigenvalue weighted by molar-refractivity contribution is 0.385. The molecule has 0 aliphatic rings. The molecule has 0 bridgehead atoms. The fourth-order valence-corrected chi connectivity index (χ4v) is 4.76. The first kappa shape index (κ1) is 16.7. The summed E-state index contributed by atoms with van der Waals surface area (Å²) in [4.78, 5) is 2.85. The summed E-state index contributed by atoms with van der Waals surface area (Å²) in [6, 6.07) is 16.4. The van der Waals surface area contributed by atoms with Gasteiger partial charge in [0.2, 0.25) is 9.84 Å². The summed E-state index contributed by atoms with van der Waals surface area (Å²) in [6.07, 6.45) is 0. The number of likely N-dealkylation sites (N-methyl/N-ethyl adjacent to an activating group) is 1. The standard InChI is InChI=1S/C19H22N2O2S/c1-15-19(24(22,23)16-9-5-4-6-10-16)17-11-7-8-12-18(17)21(15)14-13-20(2)3/h4-12H,13-14H2,1-3H3. The lowest BCUT2D eigenvalue weighted by atomic mass is 10.2. The lowest BCUT2D eigenvalue weighted by Crippen LogP contribution is -2.19. The third-order valence-corrected chi connectivity index (χ3v) is 6.21. The topological polar surface area (TPSA) is 42.3 Å². The van der Waals surface area contributed by atoms with Gasteiger partial charge in [-0.2, -0.15) is 0 Å². The molecule has 0 aliphatic heterocycles. The van der Waals surface area contributed by atoms with Gasteiger partial charge < -0.3 is 9.47 Å². The van der Waals surface area contributed by atoms with Gasteiger partial charge in [0.1, 0.15) is 4.90 Å². The molecule has 0 unspecified atom stereocenters. The molecule has 4 nitrogen and oxygen atoms in total. The molecule has 0 atom stereocenters. The molecule has 0 saturated carbocycles. The van der Waals surface area contributed by atoms with Crippen LogP contribution in [0.1, 0.15) is 5.69 Å². The van der Waals surface area contributed by atoms with Crippen LogP contribution >= 0.6 is 0 Å². The van der Waals surface area contributed by atoms with Crippen molar-refractivity contribution in [2.45, 2.75) is 23.3 Å². The van der Waals surface area contributed by atoms with Gasteiger partial charge in [-0.1, -0.05) is 36.4 Å². The highest BCUT2D eigenvalue weighted by Crippen LogP contribution is 2.33. The molecule has 1 heterocycles. The number of para-hydroxylation sites is 1. The minimum Gasteiger partial charge on any atom is -0.342 e. The number of hydrogen-bond donors (Lipinski definition) is 0. The van der Waals surface area contributed by atoms with Crippen molar-refractivity contribution in [3.63, 3.8) is 0 Å². The fraction of sp³-hybridized carbons (Fsp3) is 0.263. The Labute approximate surface area is 143 Å². The van der Waals surface area contributed by atoms with Crippen LogP contribution in [0.3, 0.4) is 0 Å². The summed E-state index contributed by atoms with van der Waals surface area (Å²) >= 11 is 0. The first-order valence-electron chi connectivity index (χ1n) is 7.95. The van der Waals surface area contributed by atoms with E-state index in [4.69, 9.17) is 0 Å². The molecule has 0 amide bonds. The van der Waals surface area contributed by atoms with E-state index in [0.29, 0.717) is 9.79 Å². The van der Waals surface area contributed by atoms with E-state index in [9.17, 15) is 8.42 Å². The van der Waals surface area contributed by atoms with Gasteiger partial charge in [-0.25, -0.2) is 8.42 Å². The van der Waals surface area contributed by atoms with E-state index in [2.05, 4.69) is 9.47 Å². The molecule has 0 spiro atoms. The van der Waals surface area contributed by atoms with Crippen LogP contribution in [-0.2, 0) is 16.4 Å². The van der Waals surface area contributed by atoms with Gasteiger partial charge in [0.05, 0.1) is 4.90 Å². The van der Waals surface area contributed by atoms with E-state index >= 15 is 0 Å². The maximum absolute atomic E-state index is 13.2. The van der Waals surface area contributed by atoms with Crippen LogP contribution in [0.4, 0.5) is 0 Å². The molecule has 5 heteroatoms. The van der Waals surface area contributed by atoms with E-state index < -0.39 is 9.84 Å². The van der Waals surface area contributed by atoms with Crippen molar-refractivity contribution >= 4 is 20.7 Å². The summed E-state index contributed by atoms with van der Waals surface area (Å²) in [5, 5.41) is 0.789. The number of nitrogens with zero attached hydrogens (tertiary/aromatic N) is 2. The zero-order chi connectivity index (χ0) is 17.3. The average molecular weight is 342 g/mol. The molecule has 1 aromatic heterocycles. The zero-order valence-electron chi connectivity index (χ0n) is 14.2. The summed E-state index contributed by atoms with van der Waals surface area (Å²) in [5.74, 6) is 0. The molecule has 0 aliphatic carbocycles. The van der Waals surface area contributed by atoms with E-state index in [0.717, 1.165) is 29.7 Å². The second-order valence-corrected chi connectivity index (χ2v) is 8.09. The van der Waals surface area contributed by atoms with Crippen molar-refractivity contribution in [3.8, 4) is 0 Å². The Hall–Kier alpha value is -2.11. The monoisotopic (exact) mass is 342 g/mol. The minimum atomic E-state index is -3.55. The number of fused-ring (bicyclic) bond motifs is 1. The van der Waals surface area contributed by atoms with Crippen LogP contribution in [0.15, 0.2) is 64.4 Å². The van der Waals surface area contributed by atoms with Crippen LogP contribution in [0.25, 0.3) is 10.9 Å². The Morgan fingerprint density at radius 3 is 2.25 bits per heavy atom. The Kier molecular flexibility index (Phi) is 4.47. The quantitative estimate of drug-likeness (QED) is 0.714. The second-order valence-electron chi connectivity index (χ2n) is 6.20. The van der Waals surface area contributed by atoms with Crippen molar-refractivity contribution in [3.05, 3.63) is 60.3 Å². The van der Waals surface area contributed by atoms with E-state index in [1.54, 1.807) is 24.3 Å². The molecule has 0 fully saturated rings. The van der Waals surface area contributed by atoms with Crippen molar-refractivity contribution < 1.29 is 8.42 Å². The maximum atomic E-state index is 13.2. The first-order chi connectivity index (χ1) is 11.4. The van der Waals surface area contributed by atoms with Gasteiger partial charge in [0.25, 0.3) is 0 Å². The largest absolute Gasteiger partial charge is 0.342 e. The molecule has 126 valence electrons. The number of hydrogen-bond acceptors (Lipinski definition) is 3. The molecular formula is C19H22N2O2S. The van der Waals surface area contributed by atoms with Gasteiger partial charge in [-0.3, -0.25) is 0 Å². The summed E-state index contributed by atoms with van der Waals surface area (Å²) in [5.41, 5.74) is 1.76. The molecular weight excluding hydrogens is 320 g/mol. The number of rotatable bonds is 5. The predicted octanol–water partition coefficient (Wildman–Crippen LogP) is 3.34. The van der Waals surface area contributed by atoms with E-state index in [-0.39, 0.29) is 0 Å². The molecule has 3 rings (SSSR count). The first-order valence-corrected chi connectivity index (χ1v) is 9.44. The summed E-state index contributed by atoms with van der Waals surface area (Å²) in [6.45, 7) is 3.50. The van der Waals surface area contributed by atoms with Crippen molar-refractivity contribution in [2.75, 3.05) is 20.6 Å². The van der Waals surface area contributed by atoms with Crippen LogP contribution in [0, 0.1) is 6.92 Å². The van der Waals surface area contributed by atoms with Crippen LogP contribution < -0.4 is 0 Å². The Bertz CT molecular complexity index is 958. The maximum Gasteiger partial charge on any atom is 0.208 e. The molecule has 0 N–H and O–H groups in total. The van der Waals surface area contributed by atoms with Crippen LogP contribution in [0.5, 0.6) is 0 Å². The highest BCUT2D eigenvalue weighted by Gasteiger charge is 2.26. The third-order valence-electron chi connectivity index (χ3n) is 4.27. The SMILES string of the molecule is Cc1c(S(=O)(=O)c2ccccc2)c2ccccc2n1CCN(C)C. The number of aromatic nitrogens is 1. The van der Waals surface area contributed by atoms with Crippen LogP contribution in [0.2, 0.25) is 0 Å². The van der Waals surface area contributed by atoms with E-state index in [1.165, 1.54) is 0 Å². The summed E-state index contributed by atoms with van der Waals surface area (Å²) < 4.78 is 28.5. The molecule has 24 heavy (non-hydrogen) atoms. The van der Waals surface area contributed by atoms with Crippen molar-refractivity contribution in [1.82, 2.24) is 9.47 Å². The molecule has 0 saturated heterocycles. The Balaban J connectivity index is 2.24. The lowest BCUT2D eigenvalue weighted by Gasteiger charge is -2.13.